The molecule has 0 amide bonds. The molecule has 0 spiro atoms. The number of nitrogens with one attached hydrogen (secondary N) is 1. The van der Waals surface area contributed by atoms with Gasteiger partial charge in [0.1, 0.15) is 24.3 Å². The molecule has 6 heteroatoms. The molecule has 1 unspecified atom stereocenters. The van der Waals surface area contributed by atoms with Gasteiger partial charge in [0.25, 0.3) is 0 Å². The molecular weight excluding hydrogens is 335 g/mol. The lowest BCUT2D eigenvalue weighted by Crippen LogP contribution is -2.26. The van der Waals surface area contributed by atoms with E-state index in [1.807, 2.05) is 22.9 Å². The number of rotatable bonds is 5. The quantitative estimate of drug-likeness (QED) is 0.635. The predicted molar refractivity (Wildman–Crippen MR) is 64.9 cm³/mol. The van der Waals surface area contributed by atoms with Gasteiger partial charge in [-0.15, -0.1) is 0 Å². The first-order chi connectivity index (χ1) is 7.13. The molecule has 3 nitrogen and oxygen atoms in total. The van der Waals surface area contributed by atoms with E-state index in [0.717, 1.165) is 0 Å². The van der Waals surface area contributed by atoms with Crippen molar-refractivity contribution in [1.82, 2.24) is 3.53 Å². The van der Waals surface area contributed by atoms with Gasteiger partial charge >= 0.3 is 0 Å². The largest absolute Gasteiger partial charge is 0.489 e. The van der Waals surface area contributed by atoms with E-state index in [1.165, 1.54) is 18.2 Å². The van der Waals surface area contributed by atoms with Crippen LogP contribution in [-0.4, -0.2) is 24.4 Å². The molecule has 0 radical (unpaired) electrons. The van der Waals surface area contributed by atoms with Crippen LogP contribution >= 0.6 is 34.5 Å². The van der Waals surface area contributed by atoms with Gasteiger partial charge in [-0.1, -0.05) is 11.6 Å². The van der Waals surface area contributed by atoms with E-state index in [2.05, 4.69) is 3.53 Å². The Morgan fingerprint density at radius 3 is 3.00 bits per heavy atom. The Morgan fingerprint density at radius 2 is 2.33 bits per heavy atom. The molecule has 0 heterocycles. The highest BCUT2D eigenvalue weighted by Gasteiger charge is 2.07. The lowest BCUT2D eigenvalue weighted by molar-refractivity contribution is 0.112. The summed E-state index contributed by atoms with van der Waals surface area (Å²) in [5, 5.41) is 9.67. The van der Waals surface area contributed by atoms with Crippen LogP contribution in [0.4, 0.5) is 4.39 Å². The normalized spacial score (nSPS) is 12.5. The van der Waals surface area contributed by atoms with Gasteiger partial charge in [-0.2, -0.15) is 0 Å². The molecule has 0 aliphatic heterocycles. The third-order valence-electron chi connectivity index (χ3n) is 1.64. The van der Waals surface area contributed by atoms with E-state index in [4.69, 9.17) is 16.3 Å². The highest BCUT2D eigenvalue weighted by molar-refractivity contribution is 14.1. The number of benzene rings is 1. The molecule has 2 N–H and O–H groups in total. The van der Waals surface area contributed by atoms with Crippen LogP contribution in [0, 0.1) is 5.82 Å². The zero-order valence-corrected chi connectivity index (χ0v) is 10.6. The van der Waals surface area contributed by atoms with Gasteiger partial charge in [-0.25, -0.2) is 4.39 Å². The Kier molecular flexibility index (Phi) is 5.59. The lowest BCUT2D eigenvalue weighted by atomic mass is 10.3. The maximum Gasteiger partial charge on any atom is 0.140 e. The summed E-state index contributed by atoms with van der Waals surface area (Å²) < 4.78 is 20.7. The van der Waals surface area contributed by atoms with Crippen molar-refractivity contribution in [2.24, 2.45) is 0 Å². The van der Waals surface area contributed by atoms with Crippen molar-refractivity contribution in [3.63, 3.8) is 0 Å². The third kappa shape index (κ3) is 4.50. The number of ether oxygens (including phenoxy) is 1. The van der Waals surface area contributed by atoms with E-state index in [-0.39, 0.29) is 12.4 Å². The number of hydrogen-bond donors (Lipinski definition) is 2. The maximum atomic E-state index is 12.8. The average molecular weight is 346 g/mol. The predicted octanol–water partition coefficient (Wildman–Crippen LogP) is 2.16. The molecule has 84 valence electrons. The van der Waals surface area contributed by atoms with Gasteiger partial charge in [0.05, 0.1) is 5.02 Å². The summed E-state index contributed by atoms with van der Waals surface area (Å²) in [7, 11) is 0. The van der Waals surface area contributed by atoms with E-state index in [1.54, 1.807) is 0 Å². The summed E-state index contributed by atoms with van der Waals surface area (Å²) in [6.07, 6.45) is -0.652. The van der Waals surface area contributed by atoms with Crippen LogP contribution in [0.25, 0.3) is 0 Å². The molecule has 0 saturated heterocycles. The van der Waals surface area contributed by atoms with Crippen molar-refractivity contribution < 1.29 is 14.2 Å². The van der Waals surface area contributed by atoms with E-state index < -0.39 is 11.9 Å². The smallest absolute Gasteiger partial charge is 0.140 e. The SMILES string of the molecule is OC(CNI)COc1cc(F)ccc1Cl. The third-order valence-corrected chi connectivity index (χ3v) is 2.39. The summed E-state index contributed by atoms with van der Waals surface area (Å²) in [6, 6.07) is 3.85. The fraction of sp³-hybridized carbons (Fsp3) is 0.333. The number of halogens is 3. The second-order valence-electron chi connectivity index (χ2n) is 2.88. The number of hydrogen-bond acceptors (Lipinski definition) is 3. The highest BCUT2D eigenvalue weighted by atomic mass is 127. The van der Waals surface area contributed by atoms with Gasteiger partial charge in [0, 0.05) is 35.5 Å². The Morgan fingerprint density at radius 1 is 1.60 bits per heavy atom. The summed E-state index contributed by atoms with van der Waals surface area (Å²) in [4.78, 5) is 0. The maximum absolute atomic E-state index is 12.8. The van der Waals surface area contributed by atoms with E-state index >= 15 is 0 Å². The van der Waals surface area contributed by atoms with Crippen LogP contribution in [0.5, 0.6) is 5.75 Å². The van der Waals surface area contributed by atoms with Gasteiger partial charge in [0.15, 0.2) is 0 Å². The zero-order chi connectivity index (χ0) is 11.3. The Hall–Kier alpha value is -0.110. The van der Waals surface area contributed by atoms with E-state index in [0.29, 0.717) is 11.6 Å². The Balaban J connectivity index is 2.53. The first kappa shape index (κ1) is 13.0. The van der Waals surface area contributed by atoms with Crippen LogP contribution < -0.4 is 8.27 Å². The van der Waals surface area contributed by atoms with Crippen molar-refractivity contribution in [2.45, 2.75) is 6.10 Å². The average Bonchev–Trinajstić information content (AvgIpc) is 2.20. The molecule has 0 aliphatic carbocycles. The highest BCUT2D eigenvalue weighted by Crippen LogP contribution is 2.24. The fourth-order valence-electron chi connectivity index (χ4n) is 0.922. The van der Waals surface area contributed by atoms with Crippen LogP contribution in [0.2, 0.25) is 5.02 Å². The molecule has 0 fully saturated rings. The standard InChI is InChI=1S/C9H10ClFINO2/c10-8-2-1-6(11)3-9(8)15-5-7(14)4-13-12/h1-3,7,13-14H,4-5H2. The minimum absolute atomic E-state index is 0.0686. The molecule has 1 aromatic carbocycles. The first-order valence-corrected chi connectivity index (χ1v) is 5.68. The number of aliphatic hydroxyl groups is 1. The first-order valence-electron chi connectivity index (χ1n) is 4.23. The minimum atomic E-state index is -0.652. The topological polar surface area (TPSA) is 41.5 Å². The Labute approximate surface area is 106 Å². The molecule has 15 heavy (non-hydrogen) atoms. The zero-order valence-electron chi connectivity index (χ0n) is 7.71. The second-order valence-corrected chi connectivity index (χ2v) is 4.05. The molecule has 0 aromatic heterocycles. The lowest BCUT2D eigenvalue weighted by Gasteiger charge is -2.12. The molecule has 0 bridgehead atoms. The van der Waals surface area contributed by atoms with Crippen molar-refractivity contribution in [2.75, 3.05) is 13.2 Å². The van der Waals surface area contributed by atoms with Gasteiger partial charge in [0.2, 0.25) is 0 Å². The molecule has 1 atom stereocenters. The van der Waals surface area contributed by atoms with Crippen molar-refractivity contribution >= 4 is 34.5 Å². The molecular formula is C9H10ClFINO2. The fourth-order valence-corrected chi connectivity index (χ4v) is 1.60. The van der Waals surface area contributed by atoms with E-state index in [9.17, 15) is 9.50 Å². The molecule has 0 aliphatic rings. The summed E-state index contributed by atoms with van der Waals surface area (Å²) in [6.45, 7) is 0.465. The summed E-state index contributed by atoms with van der Waals surface area (Å²) in [5.74, 6) is -0.180. The Bertz CT molecular complexity index is 327. The van der Waals surface area contributed by atoms with Crippen molar-refractivity contribution in [3.8, 4) is 5.75 Å². The van der Waals surface area contributed by atoms with Crippen LogP contribution in [0.15, 0.2) is 18.2 Å². The van der Waals surface area contributed by atoms with Gasteiger partial charge in [-0.05, 0) is 12.1 Å². The van der Waals surface area contributed by atoms with Gasteiger partial charge < -0.3 is 9.84 Å². The summed E-state index contributed by atoms with van der Waals surface area (Å²) in [5.41, 5.74) is 0. The van der Waals surface area contributed by atoms with Crippen LogP contribution in [0.3, 0.4) is 0 Å². The van der Waals surface area contributed by atoms with Gasteiger partial charge in [-0.3, -0.25) is 3.53 Å². The molecule has 1 aromatic rings. The molecule has 1 rings (SSSR count). The van der Waals surface area contributed by atoms with Crippen molar-refractivity contribution in [3.05, 3.63) is 29.0 Å². The van der Waals surface area contributed by atoms with Crippen LogP contribution in [0.1, 0.15) is 0 Å². The van der Waals surface area contributed by atoms with Crippen LogP contribution in [-0.2, 0) is 0 Å². The number of aliphatic hydroxyl groups excluding tert-OH is 1. The second kappa shape index (κ2) is 6.47. The molecule has 0 saturated carbocycles. The van der Waals surface area contributed by atoms with Crippen molar-refractivity contribution in [1.29, 1.82) is 0 Å². The monoisotopic (exact) mass is 345 g/mol. The minimum Gasteiger partial charge on any atom is -0.489 e. The summed E-state index contributed by atoms with van der Waals surface area (Å²) >= 11 is 7.68.